The highest BCUT2D eigenvalue weighted by molar-refractivity contribution is 9.10. The van der Waals surface area contributed by atoms with Crippen LogP contribution >= 0.6 is 15.9 Å². The summed E-state index contributed by atoms with van der Waals surface area (Å²) in [7, 11) is 2.28. The van der Waals surface area contributed by atoms with Gasteiger partial charge in [0.2, 0.25) is 0 Å². The van der Waals surface area contributed by atoms with E-state index in [1.165, 1.54) is 17.8 Å². The summed E-state index contributed by atoms with van der Waals surface area (Å²) in [4.78, 5) is 22.0. The largest absolute Gasteiger partial charge is 0.471 e. The van der Waals surface area contributed by atoms with E-state index >= 15 is 0 Å². The molecule has 0 spiro atoms. The van der Waals surface area contributed by atoms with Gasteiger partial charge in [0.05, 0.1) is 10.4 Å². The van der Waals surface area contributed by atoms with Crippen LogP contribution in [0.15, 0.2) is 16.6 Å². The molecule has 2 rings (SSSR count). The number of rotatable bonds is 2. The van der Waals surface area contributed by atoms with Gasteiger partial charge in [-0.2, -0.15) is 18.3 Å². The lowest BCUT2D eigenvalue weighted by Gasteiger charge is -2.16. The third-order valence-electron chi connectivity index (χ3n) is 2.94. The van der Waals surface area contributed by atoms with E-state index in [2.05, 4.69) is 21.0 Å². The normalized spacial score (nSPS) is 11.7. The number of anilines is 1. The molecule has 1 amide bonds. The van der Waals surface area contributed by atoms with Gasteiger partial charge in [-0.15, -0.1) is 0 Å². The van der Waals surface area contributed by atoms with E-state index in [1.54, 1.807) is 0 Å². The van der Waals surface area contributed by atoms with Gasteiger partial charge in [0.1, 0.15) is 5.39 Å². The number of halogens is 4. The topological polar surface area (TPSA) is 81.3 Å². The molecule has 2 aromatic rings. The van der Waals surface area contributed by atoms with Crippen molar-refractivity contribution in [2.45, 2.75) is 6.18 Å². The van der Waals surface area contributed by atoms with Crippen molar-refractivity contribution in [1.82, 2.24) is 9.78 Å². The molecular formula is C11H8BrF3N4O3. The number of nitro benzene ring substituents is 1. The van der Waals surface area contributed by atoms with Crippen molar-refractivity contribution in [2.75, 3.05) is 11.9 Å². The molecule has 22 heavy (non-hydrogen) atoms. The second-order valence-corrected chi connectivity index (χ2v) is 5.30. The molecule has 0 aliphatic heterocycles. The number of aromatic nitrogens is 2. The third-order valence-corrected chi connectivity index (χ3v) is 3.40. The molecule has 118 valence electrons. The Morgan fingerprint density at radius 1 is 1.45 bits per heavy atom. The zero-order valence-electron chi connectivity index (χ0n) is 11.2. The van der Waals surface area contributed by atoms with E-state index in [4.69, 9.17) is 0 Å². The van der Waals surface area contributed by atoms with Crippen LogP contribution < -0.4 is 4.90 Å². The number of non-ortho nitro benzene ring substituents is 1. The van der Waals surface area contributed by atoms with E-state index in [0.29, 0.717) is 4.47 Å². The summed E-state index contributed by atoms with van der Waals surface area (Å²) in [5, 5.41) is 14.8. The lowest BCUT2D eigenvalue weighted by atomic mass is 10.2. The van der Waals surface area contributed by atoms with Crippen LogP contribution in [0, 0.1) is 10.1 Å². The number of nitro groups is 1. The van der Waals surface area contributed by atoms with Gasteiger partial charge >= 0.3 is 12.1 Å². The highest BCUT2D eigenvalue weighted by Crippen LogP contribution is 2.37. The quantitative estimate of drug-likeness (QED) is 0.592. The summed E-state index contributed by atoms with van der Waals surface area (Å²) in [6.07, 6.45) is -5.11. The summed E-state index contributed by atoms with van der Waals surface area (Å²) < 4.78 is 39.2. The summed E-state index contributed by atoms with van der Waals surface area (Å²) in [6.45, 7) is 0. The van der Waals surface area contributed by atoms with Crippen molar-refractivity contribution in [1.29, 1.82) is 0 Å². The highest BCUT2D eigenvalue weighted by atomic mass is 79.9. The average Bonchev–Trinajstić information content (AvgIpc) is 2.72. The Hall–Kier alpha value is -2.17. The van der Waals surface area contributed by atoms with Crippen molar-refractivity contribution >= 4 is 44.2 Å². The number of nitrogens with zero attached hydrogens (tertiary/aromatic N) is 4. The first-order valence-electron chi connectivity index (χ1n) is 5.69. The maximum atomic E-state index is 12.5. The van der Waals surface area contributed by atoms with E-state index < -0.39 is 28.5 Å². The fourth-order valence-corrected chi connectivity index (χ4v) is 2.41. The second-order valence-electron chi connectivity index (χ2n) is 4.39. The second kappa shape index (κ2) is 5.23. The molecule has 0 aliphatic rings. The minimum Gasteiger partial charge on any atom is -0.290 e. The number of hydrogen-bond acceptors (Lipinski definition) is 4. The van der Waals surface area contributed by atoms with Crippen molar-refractivity contribution < 1.29 is 22.9 Å². The fourth-order valence-electron chi connectivity index (χ4n) is 1.97. The molecule has 1 aromatic carbocycles. The van der Waals surface area contributed by atoms with Crippen LogP contribution in [0.4, 0.5) is 24.7 Å². The van der Waals surface area contributed by atoms with Gasteiger partial charge in [0, 0.05) is 24.6 Å². The number of hydrogen-bond donors (Lipinski definition) is 0. The first kappa shape index (κ1) is 16.2. The van der Waals surface area contributed by atoms with Crippen molar-refractivity contribution in [2.24, 2.45) is 7.05 Å². The molecule has 0 radical (unpaired) electrons. The van der Waals surface area contributed by atoms with Gasteiger partial charge in [0.25, 0.3) is 5.69 Å². The van der Waals surface area contributed by atoms with Gasteiger partial charge in [-0.3, -0.25) is 24.5 Å². The molecule has 0 aliphatic carbocycles. The standard InChI is InChI=1S/C11H8BrF3N4O3/c1-17(10(20)11(13,14)15)9-8-6(18(2)16-9)3-5(12)4-7(8)19(21)22/h3-4H,1-2H3. The number of benzene rings is 1. The van der Waals surface area contributed by atoms with E-state index in [9.17, 15) is 28.1 Å². The van der Waals surface area contributed by atoms with Crippen molar-refractivity contribution in [3.8, 4) is 0 Å². The minimum atomic E-state index is -5.11. The number of carbonyl (C=O) groups is 1. The van der Waals surface area contributed by atoms with E-state index in [-0.39, 0.29) is 15.8 Å². The molecule has 11 heteroatoms. The van der Waals surface area contributed by atoms with Crippen LogP contribution in [0.2, 0.25) is 0 Å². The molecule has 1 aromatic heterocycles. The zero-order chi connectivity index (χ0) is 16.8. The van der Waals surface area contributed by atoms with E-state index in [0.717, 1.165) is 13.1 Å². The Kier molecular flexibility index (Phi) is 3.85. The van der Waals surface area contributed by atoms with Crippen LogP contribution in [0.5, 0.6) is 0 Å². The summed E-state index contributed by atoms with van der Waals surface area (Å²) >= 11 is 3.09. The maximum absolute atomic E-state index is 12.5. The molecule has 1 heterocycles. The van der Waals surface area contributed by atoms with Crippen LogP contribution in [-0.4, -0.2) is 33.8 Å². The van der Waals surface area contributed by atoms with Gasteiger partial charge in [-0.1, -0.05) is 15.9 Å². The molecule has 0 fully saturated rings. The zero-order valence-corrected chi connectivity index (χ0v) is 12.8. The van der Waals surface area contributed by atoms with Crippen LogP contribution in [-0.2, 0) is 11.8 Å². The number of aryl methyl sites for hydroxylation is 1. The van der Waals surface area contributed by atoms with Gasteiger partial charge in [0.15, 0.2) is 5.82 Å². The molecule has 0 unspecified atom stereocenters. The SMILES string of the molecule is CN(C(=O)C(F)(F)F)c1nn(C)c2cc(Br)cc([N+](=O)[O-])c12. The molecule has 0 atom stereocenters. The molecule has 0 saturated carbocycles. The van der Waals surface area contributed by atoms with E-state index in [1.807, 2.05) is 0 Å². The molecule has 0 N–H and O–H groups in total. The third kappa shape index (κ3) is 2.63. The predicted octanol–water partition coefficient (Wildman–Crippen LogP) is 2.77. The lowest BCUT2D eigenvalue weighted by Crippen LogP contribution is -2.38. The minimum absolute atomic E-state index is 0.143. The Balaban J connectivity index is 2.75. The Bertz CT molecular complexity index is 787. The number of fused-ring (bicyclic) bond motifs is 1. The Morgan fingerprint density at radius 3 is 2.55 bits per heavy atom. The van der Waals surface area contributed by atoms with Crippen molar-refractivity contribution in [3.63, 3.8) is 0 Å². The fraction of sp³-hybridized carbons (Fsp3) is 0.273. The molecule has 0 saturated heterocycles. The van der Waals surface area contributed by atoms with Crippen LogP contribution in [0.25, 0.3) is 10.9 Å². The Labute approximate surface area is 129 Å². The first-order valence-corrected chi connectivity index (χ1v) is 6.49. The van der Waals surface area contributed by atoms with Crippen molar-refractivity contribution in [3.05, 3.63) is 26.7 Å². The number of amides is 1. The summed E-state index contributed by atoms with van der Waals surface area (Å²) in [5.74, 6) is -2.59. The van der Waals surface area contributed by atoms with Gasteiger partial charge < -0.3 is 0 Å². The van der Waals surface area contributed by atoms with Gasteiger partial charge in [-0.25, -0.2) is 0 Å². The first-order chi connectivity index (χ1) is 10.0. The number of alkyl halides is 3. The molecule has 0 bridgehead atoms. The van der Waals surface area contributed by atoms with Gasteiger partial charge in [-0.05, 0) is 6.07 Å². The smallest absolute Gasteiger partial charge is 0.290 e. The highest BCUT2D eigenvalue weighted by Gasteiger charge is 2.43. The lowest BCUT2D eigenvalue weighted by molar-refractivity contribution is -0.383. The predicted molar refractivity (Wildman–Crippen MR) is 74.5 cm³/mol. The summed E-state index contributed by atoms with van der Waals surface area (Å²) in [5.41, 5.74) is -0.229. The van der Waals surface area contributed by atoms with Crippen LogP contribution in [0.1, 0.15) is 0 Å². The average molecular weight is 381 g/mol. The van der Waals surface area contributed by atoms with Crippen LogP contribution in [0.3, 0.4) is 0 Å². The number of carbonyl (C=O) groups excluding carboxylic acids is 1. The molecule has 7 nitrogen and oxygen atoms in total. The molecular weight excluding hydrogens is 373 g/mol. The summed E-state index contributed by atoms with van der Waals surface area (Å²) in [6, 6.07) is 2.60. The maximum Gasteiger partial charge on any atom is 0.471 e. The Morgan fingerprint density at radius 2 is 2.05 bits per heavy atom. The monoisotopic (exact) mass is 380 g/mol.